The summed E-state index contributed by atoms with van der Waals surface area (Å²) >= 11 is 0. The molecule has 1 rings (SSSR count). The Morgan fingerprint density at radius 3 is 2.37 bits per heavy atom. The molecule has 108 valence electrons. The van der Waals surface area contributed by atoms with Crippen molar-refractivity contribution in [2.24, 2.45) is 18.7 Å². The van der Waals surface area contributed by atoms with Crippen LogP contribution in [0.15, 0.2) is 0 Å². The largest absolute Gasteiger partial charge is 0.384 e. The number of aromatic nitrogens is 2. The van der Waals surface area contributed by atoms with Gasteiger partial charge in [-0.05, 0) is 19.8 Å². The molecular formula is C14H27N5. The molecule has 0 aliphatic rings. The first-order valence-corrected chi connectivity index (χ1v) is 7.09. The van der Waals surface area contributed by atoms with Gasteiger partial charge in [0.15, 0.2) is 0 Å². The van der Waals surface area contributed by atoms with E-state index in [1.165, 1.54) is 12.8 Å². The summed E-state index contributed by atoms with van der Waals surface area (Å²) < 4.78 is 1.85. The van der Waals surface area contributed by atoms with Crippen LogP contribution < -0.4 is 10.6 Å². The Hall–Kier alpha value is -1.52. The fraction of sp³-hybridized carbons (Fsp3) is 0.714. The van der Waals surface area contributed by atoms with E-state index < -0.39 is 0 Å². The summed E-state index contributed by atoms with van der Waals surface area (Å²) in [6.45, 7) is 10.4. The van der Waals surface area contributed by atoms with Crippen molar-refractivity contribution >= 4 is 11.7 Å². The Bertz CT molecular complexity index is 431. The first-order chi connectivity index (χ1) is 8.96. The predicted molar refractivity (Wildman–Crippen MR) is 80.9 cm³/mol. The minimum absolute atomic E-state index is 0.101. The van der Waals surface area contributed by atoms with Gasteiger partial charge in [0.2, 0.25) is 0 Å². The van der Waals surface area contributed by atoms with Crippen LogP contribution in [-0.4, -0.2) is 28.7 Å². The highest BCUT2D eigenvalue weighted by atomic mass is 15.4. The lowest BCUT2D eigenvalue weighted by atomic mass is 10.0. The molecule has 0 atom stereocenters. The average Bonchev–Trinajstić information content (AvgIpc) is 2.66. The van der Waals surface area contributed by atoms with Gasteiger partial charge in [-0.1, -0.05) is 26.7 Å². The minimum atomic E-state index is 0.101. The lowest BCUT2D eigenvalue weighted by Crippen LogP contribution is -2.32. The lowest BCUT2D eigenvalue weighted by molar-refractivity contribution is 0.481. The standard InChI is InChI=1S/C14H27N5/c1-6-11(7-2)9-19(8-3)14-12(13(15)16)10(4)17-18(14)5/h11H,6-9H2,1-5H3,(H3,15,16). The van der Waals surface area contributed by atoms with Gasteiger partial charge >= 0.3 is 0 Å². The molecule has 0 spiro atoms. The van der Waals surface area contributed by atoms with E-state index in [0.717, 1.165) is 30.2 Å². The molecule has 19 heavy (non-hydrogen) atoms. The molecule has 0 aliphatic carbocycles. The Labute approximate surface area is 116 Å². The monoisotopic (exact) mass is 265 g/mol. The molecule has 5 nitrogen and oxygen atoms in total. The first kappa shape index (κ1) is 15.5. The second-order valence-corrected chi connectivity index (χ2v) is 5.04. The van der Waals surface area contributed by atoms with Crippen LogP contribution in [0.2, 0.25) is 0 Å². The normalized spacial score (nSPS) is 11.1. The van der Waals surface area contributed by atoms with Crippen molar-refractivity contribution in [3.05, 3.63) is 11.3 Å². The molecule has 0 saturated carbocycles. The number of amidine groups is 1. The van der Waals surface area contributed by atoms with Gasteiger partial charge in [-0.2, -0.15) is 5.10 Å². The predicted octanol–water partition coefficient (Wildman–Crippen LogP) is 2.28. The smallest absolute Gasteiger partial charge is 0.137 e. The molecule has 0 aromatic carbocycles. The second-order valence-electron chi connectivity index (χ2n) is 5.04. The van der Waals surface area contributed by atoms with Crippen molar-refractivity contribution < 1.29 is 0 Å². The highest BCUT2D eigenvalue weighted by Crippen LogP contribution is 2.24. The number of anilines is 1. The number of aryl methyl sites for hydroxylation is 2. The number of hydrogen-bond acceptors (Lipinski definition) is 3. The fourth-order valence-corrected chi connectivity index (χ4v) is 2.55. The summed E-state index contributed by atoms with van der Waals surface area (Å²) in [7, 11) is 1.92. The van der Waals surface area contributed by atoms with Crippen LogP contribution in [0.4, 0.5) is 5.82 Å². The third-order valence-electron chi connectivity index (χ3n) is 3.78. The van der Waals surface area contributed by atoms with E-state index in [2.05, 4.69) is 30.8 Å². The molecule has 0 amide bonds. The zero-order valence-electron chi connectivity index (χ0n) is 12.8. The van der Waals surface area contributed by atoms with Gasteiger partial charge in [0.25, 0.3) is 0 Å². The first-order valence-electron chi connectivity index (χ1n) is 7.09. The number of nitrogens with zero attached hydrogens (tertiary/aromatic N) is 3. The van der Waals surface area contributed by atoms with Crippen molar-refractivity contribution in [1.29, 1.82) is 5.41 Å². The molecule has 0 fully saturated rings. The van der Waals surface area contributed by atoms with E-state index in [4.69, 9.17) is 11.1 Å². The van der Waals surface area contributed by atoms with Gasteiger partial charge in [0, 0.05) is 20.1 Å². The van der Waals surface area contributed by atoms with Crippen LogP contribution in [0.1, 0.15) is 44.9 Å². The maximum atomic E-state index is 7.77. The quantitative estimate of drug-likeness (QED) is 0.587. The Balaban J connectivity index is 3.14. The molecular weight excluding hydrogens is 238 g/mol. The number of rotatable bonds is 7. The topological polar surface area (TPSA) is 70.9 Å². The van der Waals surface area contributed by atoms with Crippen molar-refractivity contribution in [2.45, 2.75) is 40.5 Å². The van der Waals surface area contributed by atoms with Crippen LogP contribution in [0.25, 0.3) is 0 Å². The minimum Gasteiger partial charge on any atom is -0.384 e. The Morgan fingerprint density at radius 2 is 1.95 bits per heavy atom. The van der Waals surface area contributed by atoms with Crippen LogP contribution >= 0.6 is 0 Å². The van der Waals surface area contributed by atoms with Crippen LogP contribution in [-0.2, 0) is 7.05 Å². The molecule has 0 saturated heterocycles. The van der Waals surface area contributed by atoms with Gasteiger partial charge < -0.3 is 10.6 Å². The van der Waals surface area contributed by atoms with Crippen molar-refractivity contribution in [2.75, 3.05) is 18.0 Å². The van der Waals surface area contributed by atoms with Crippen LogP contribution in [0.5, 0.6) is 0 Å². The highest BCUT2D eigenvalue weighted by molar-refractivity contribution is 6.00. The summed E-state index contributed by atoms with van der Waals surface area (Å²) in [5, 5.41) is 12.2. The van der Waals surface area contributed by atoms with E-state index in [1.54, 1.807) is 0 Å². The molecule has 0 unspecified atom stereocenters. The highest BCUT2D eigenvalue weighted by Gasteiger charge is 2.21. The Kier molecular flexibility index (Phi) is 5.39. The van der Waals surface area contributed by atoms with Gasteiger partial charge in [-0.3, -0.25) is 10.1 Å². The summed E-state index contributed by atoms with van der Waals surface area (Å²) in [6.07, 6.45) is 2.33. The van der Waals surface area contributed by atoms with Crippen molar-refractivity contribution in [3.8, 4) is 0 Å². The maximum absolute atomic E-state index is 7.77. The number of nitrogens with two attached hydrogens (primary N) is 1. The third kappa shape index (κ3) is 3.28. The third-order valence-corrected chi connectivity index (χ3v) is 3.78. The summed E-state index contributed by atoms with van der Waals surface area (Å²) in [5.41, 5.74) is 7.32. The lowest BCUT2D eigenvalue weighted by Gasteiger charge is -2.28. The summed E-state index contributed by atoms with van der Waals surface area (Å²) in [6, 6.07) is 0. The van der Waals surface area contributed by atoms with E-state index in [-0.39, 0.29) is 5.84 Å². The van der Waals surface area contributed by atoms with E-state index >= 15 is 0 Å². The van der Waals surface area contributed by atoms with Gasteiger partial charge in [-0.15, -0.1) is 0 Å². The molecule has 0 bridgehead atoms. The zero-order chi connectivity index (χ0) is 14.6. The number of nitrogens with one attached hydrogen (secondary N) is 1. The maximum Gasteiger partial charge on any atom is 0.137 e. The molecule has 1 heterocycles. The fourth-order valence-electron chi connectivity index (χ4n) is 2.55. The molecule has 1 aromatic heterocycles. The molecule has 0 radical (unpaired) electrons. The summed E-state index contributed by atoms with van der Waals surface area (Å²) in [4.78, 5) is 2.29. The van der Waals surface area contributed by atoms with Crippen molar-refractivity contribution in [1.82, 2.24) is 9.78 Å². The van der Waals surface area contributed by atoms with E-state index in [9.17, 15) is 0 Å². The average molecular weight is 265 g/mol. The second kappa shape index (κ2) is 6.59. The van der Waals surface area contributed by atoms with Gasteiger partial charge in [0.05, 0.1) is 11.3 Å². The van der Waals surface area contributed by atoms with Crippen LogP contribution in [0.3, 0.4) is 0 Å². The van der Waals surface area contributed by atoms with Gasteiger partial charge in [-0.25, -0.2) is 0 Å². The molecule has 0 aliphatic heterocycles. The van der Waals surface area contributed by atoms with Crippen LogP contribution in [0, 0.1) is 18.3 Å². The molecule has 5 heteroatoms. The van der Waals surface area contributed by atoms with E-state index in [0.29, 0.717) is 5.92 Å². The number of nitrogen functional groups attached to an aromatic ring is 1. The van der Waals surface area contributed by atoms with Crippen molar-refractivity contribution in [3.63, 3.8) is 0 Å². The molecule has 1 aromatic rings. The molecule has 3 N–H and O–H groups in total. The SMILES string of the molecule is CCC(CC)CN(CC)c1c(C(=N)N)c(C)nn1C. The zero-order valence-corrected chi connectivity index (χ0v) is 12.8. The summed E-state index contributed by atoms with van der Waals surface area (Å²) in [5.74, 6) is 1.73. The van der Waals surface area contributed by atoms with Gasteiger partial charge in [0.1, 0.15) is 11.7 Å². The Morgan fingerprint density at radius 1 is 1.37 bits per heavy atom. The van der Waals surface area contributed by atoms with E-state index in [1.807, 2.05) is 18.7 Å². The number of hydrogen-bond donors (Lipinski definition) is 2.